The van der Waals surface area contributed by atoms with Gasteiger partial charge in [0.2, 0.25) is 11.8 Å². The number of ether oxygens (including phenoxy) is 2. The quantitative estimate of drug-likeness (QED) is 0.758. The molecule has 0 bridgehead atoms. The third-order valence-corrected chi connectivity index (χ3v) is 4.06. The number of furan rings is 1. The maximum Gasteiger partial charge on any atom is 0.229 e. The number of anilines is 1. The van der Waals surface area contributed by atoms with Crippen molar-refractivity contribution in [3.05, 3.63) is 42.7 Å². The van der Waals surface area contributed by atoms with Crippen LogP contribution in [0.25, 0.3) is 0 Å². The first-order chi connectivity index (χ1) is 10.7. The van der Waals surface area contributed by atoms with Gasteiger partial charge in [-0.05, 0) is 12.5 Å². The molecule has 3 rings (SSSR count). The van der Waals surface area contributed by atoms with Crippen LogP contribution in [0.4, 0.5) is 5.88 Å². The predicted octanol–water partition coefficient (Wildman–Crippen LogP) is 3.04. The third kappa shape index (κ3) is 3.15. The van der Waals surface area contributed by atoms with E-state index in [-0.39, 0.29) is 5.91 Å². The average molecular weight is 303 g/mol. The molecule has 1 aromatic rings. The van der Waals surface area contributed by atoms with E-state index in [9.17, 15) is 4.79 Å². The highest BCUT2D eigenvalue weighted by molar-refractivity contribution is 5.92. The van der Waals surface area contributed by atoms with E-state index in [2.05, 4.69) is 12.7 Å². The molecule has 118 valence electrons. The minimum atomic E-state index is -0.444. The van der Waals surface area contributed by atoms with Gasteiger partial charge in [-0.15, -0.1) is 6.58 Å². The Hall–Kier alpha value is -1.85. The molecule has 1 fully saturated rings. The van der Waals surface area contributed by atoms with E-state index in [1.165, 1.54) is 5.57 Å². The van der Waals surface area contributed by atoms with Gasteiger partial charge in [0.05, 0.1) is 19.5 Å². The van der Waals surface area contributed by atoms with E-state index in [4.69, 9.17) is 13.9 Å². The Balaban J connectivity index is 1.54. The highest BCUT2D eigenvalue weighted by Crippen LogP contribution is 2.38. The minimum Gasteiger partial charge on any atom is -0.448 e. The van der Waals surface area contributed by atoms with Crippen molar-refractivity contribution >= 4 is 11.8 Å². The maximum atomic E-state index is 12.4. The van der Waals surface area contributed by atoms with Crippen molar-refractivity contribution in [2.75, 3.05) is 24.7 Å². The molecule has 1 aromatic heterocycles. The Kier molecular flexibility index (Phi) is 4.45. The standard InChI is InChI=1S/C17H21NO4/c1-2-9-18(16-4-3-10-20-16)15(19)6-5-14-7-8-17(13-14)21-11-12-22-17/h2-4,7,10H,1,5-6,8-9,11-13H2. The molecule has 0 aromatic carbocycles. The molecule has 0 atom stereocenters. The van der Waals surface area contributed by atoms with Crippen LogP contribution in [0.15, 0.2) is 47.1 Å². The van der Waals surface area contributed by atoms with Gasteiger partial charge in [0.1, 0.15) is 0 Å². The molecule has 2 aliphatic rings. The van der Waals surface area contributed by atoms with Crippen molar-refractivity contribution in [2.24, 2.45) is 0 Å². The van der Waals surface area contributed by atoms with Crippen LogP contribution in [0, 0.1) is 0 Å². The molecule has 5 heteroatoms. The average Bonchev–Trinajstić information content (AvgIpc) is 3.26. The second-order valence-electron chi connectivity index (χ2n) is 5.60. The van der Waals surface area contributed by atoms with Gasteiger partial charge in [-0.1, -0.05) is 17.7 Å². The topological polar surface area (TPSA) is 51.9 Å². The minimum absolute atomic E-state index is 0.0324. The van der Waals surface area contributed by atoms with Crippen LogP contribution >= 0.6 is 0 Å². The number of carbonyl (C=O) groups is 1. The van der Waals surface area contributed by atoms with E-state index in [1.807, 2.05) is 0 Å². The number of nitrogens with zero attached hydrogens (tertiary/aromatic N) is 1. The smallest absolute Gasteiger partial charge is 0.229 e. The molecule has 22 heavy (non-hydrogen) atoms. The fourth-order valence-electron chi connectivity index (χ4n) is 2.97. The molecule has 0 saturated carbocycles. The first kappa shape index (κ1) is 15.1. The predicted molar refractivity (Wildman–Crippen MR) is 82.4 cm³/mol. The van der Waals surface area contributed by atoms with Gasteiger partial charge in [-0.3, -0.25) is 9.69 Å². The molecule has 2 heterocycles. The summed E-state index contributed by atoms with van der Waals surface area (Å²) in [6.45, 7) is 5.46. The molecule has 0 unspecified atom stereocenters. The number of hydrogen-bond acceptors (Lipinski definition) is 4. The first-order valence-corrected chi connectivity index (χ1v) is 7.63. The van der Waals surface area contributed by atoms with E-state index >= 15 is 0 Å². The molecule has 1 aliphatic carbocycles. The zero-order chi connectivity index (χ0) is 15.4. The first-order valence-electron chi connectivity index (χ1n) is 7.63. The lowest BCUT2D eigenvalue weighted by Gasteiger charge is -2.22. The zero-order valence-corrected chi connectivity index (χ0v) is 12.6. The van der Waals surface area contributed by atoms with Gasteiger partial charge >= 0.3 is 0 Å². The van der Waals surface area contributed by atoms with E-state index in [1.54, 1.807) is 29.4 Å². The van der Waals surface area contributed by atoms with Gasteiger partial charge in [-0.2, -0.15) is 0 Å². The number of amides is 1. The number of hydrogen-bond donors (Lipinski definition) is 0. The van der Waals surface area contributed by atoms with Crippen molar-refractivity contribution < 1.29 is 18.7 Å². The van der Waals surface area contributed by atoms with Crippen LogP contribution in [0.2, 0.25) is 0 Å². The van der Waals surface area contributed by atoms with Gasteiger partial charge in [0, 0.05) is 31.9 Å². The lowest BCUT2D eigenvalue weighted by molar-refractivity contribution is -0.147. The second-order valence-corrected chi connectivity index (χ2v) is 5.60. The highest BCUT2D eigenvalue weighted by Gasteiger charge is 2.39. The molecule has 1 spiro atoms. The van der Waals surface area contributed by atoms with Crippen molar-refractivity contribution in [3.8, 4) is 0 Å². The summed E-state index contributed by atoms with van der Waals surface area (Å²) in [5.74, 6) is 0.148. The van der Waals surface area contributed by atoms with Crippen LogP contribution in [-0.2, 0) is 14.3 Å². The van der Waals surface area contributed by atoms with Crippen LogP contribution in [0.5, 0.6) is 0 Å². The summed E-state index contributed by atoms with van der Waals surface area (Å²) < 4.78 is 16.7. The number of carbonyl (C=O) groups excluding carboxylic acids is 1. The second kappa shape index (κ2) is 6.50. The molecular formula is C17H21NO4. The molecule has 5 nitrogen and oxygen atoms in total. The van der Waals surface area contributed by atoms with Gasteiger partial charge < -0.3 is 13.9 Å². The zero-order valence-electron chi connectivity index (χ0n) is 12.6. The molecule has 1 aliphatic heterocycles. The van der Waals surface area contributed by atoms with Gasteiger partial charge in [0.25, 0.3) is 0 Å². The Morgan fingerprint density at radius 1 is 1.41 bits per heavy atom. The lowest BCUT2D eigenvalue weighted by atomic mass is 10.1. The Morgan fingerprint density at radius 3 is 2.91 bits per heavy atom. The van der Waals surface area contributed by atoms with Crippen LogP contribution in [-0.4, -0.2) is 31.5 Å². The largest absolute Gasteiger partial charge is 0.448 e. The summed E-state index contributed by atoms with van der Waals surface area (Å²) in [7, 11) is 0. The molecule has 0 N–H and O–H groups in total. The summed E-state index contributed by atoms with van der Waals surface area (Å²) in [5, 5.41) is 0. The van der Waals surface area contributed by atoms with Crippen molar-refractivity contribution in [3.63, 3.8) is 0 Å². The van der Waals surface area contributed by atoms with Crippen molar-refractivity contribution in [2.45, 2.75) is 31.5 Å². The van der Waals surface area contributed by atoms with Crippen molar-refractivity contribution in [1.82, 2.24) is 0 Å². The summed E-state index contributed by atoms with van der Waals surface area (Å²) in [6.07, 6.45) is 8.12. The summed E-state index contributed by atoms with van der Waals surface area (Å²) in [5.41, 5.74) is 1.23. The summed E-state index contributed by atoms with van der Waals surface area (Å²) in [4.78, 5) is 14.0. The van der Waals surface area contributed by atoms with E-state index in [0.717, 1.165) is 19.3 Å². The van der Waals surface area contributed by atoms with Gasteiger partial charge in [0.15, 0.2) is 5.79 Å². The molecule has 0 radical (unpaired) electrons. The Labute approximate surface area is 130 Å². The van der Waals surface area contributed by atoms with Crippen LogP contribution in [0.1, 0.15) is 25.7 Å². The highest BCUT2D eigenvalue weighted by atomic mass is 16.7. The molecule has 1 amide bonds. The fraction of sp³-hybridized carbons (Fsp3) is 0.471. The maximum absolute atomic E-state index is 12.4. The monoisotopic (exact) mass is 303 g/mol. The third-order valence-electron chi connectivity index (χ3n) is 4.06. The normalized spacial score (nSPS) is 19.4. The van der Waals surface area contributed by atoms with E-state index < -0.39 is 5.79 Å². The SMILES string of the molecule is C=CCN(C(=O)CCC1=CCC2(C1)OCCO2)c1ccco1. The van der Waals surface area contributed by atoms with Crippen LogP contribution in [0.3, 0.4) is 0 Å². The molecule has 1 saturated heterocycles. The van der Waals surface area contributed by atoms with Crippen molar-refractivity contribution in [1.29, 1.82) is 0 Å². The summed E-state index contributed by atoms with van der Waals surface area (Å²) >= 11 is 0. The van der Waals surface area contributed by atoms with Gasteiger partial charge in [-0.25, -0.2) is 0 Å². The van der Waals surface area contributed by atoms with E-state index in [0.29, 0.717) is 32.1 Å². The molecular weight excluding hydrogens is 282 g/mol. The fourth-order valence-corrected chi connectivity index (χ4v) is 2.97. The lowest BCUT2D eigenvalue weighted by Crippen LogP contribution is -2.30. The number of rotatable bonds is 6. The Bertz CT molecular complexity index is 555. The summed E-state index contributed by atoms with van der Waals surface area (Å²) in [6, 6.07) is 3.56. The van der Waals surface area contributed by atoms with Crippen LogP contribution < -0.4 is 4.90 Å². The Morgan fingerprint density at radius 2 is 2.23 bits per heavy atom.